The first-order valence-corrected chi connectivity index (χ1v) is 7.01. The summed E-state index contributed by atoms with van der Waals surface area (Å²) < 4.78 is 10.7. The number of urea groups is 1. The number of morpholine rings is 1. The zero-order valence-corrected chi connectivity index (χ0v) is 10.8. The Morgan fingerprint density at radius 3 is 2.33 bits per heavy atom. The fourth-order valence-corrected chi connectivity index (χ4v) is 3.31. The molecule has 2 amide bonds. The average Bonchev–Trinajstić information content (AvgIpc) is 2.45. The molecule has 1 atom stereocenters. The number of nitrogens with one attached hydrogen (secondary N) is 1. The van der Waals surface area contributed by atoms with Crippen molar-refractivity contribution in [1.82, 2.24) is 10.2 Å². The van der Waals surface area contributed by atoms with E-state index in [9.17, 15) is 4.79 Å². The lowest BCUT2D eigenvalue weighted by atomic mass is 9.60. The van der Waals surface area contributed by atoms with Gasteiger partial charge in [-0.2, -0.15) is 0 Å². The minimum Gasteiger partial charge on any atom is -0.381 e. The van der Waals surface area contributed by atoms with Crippen LogP contribution in [-0.4, -0.2) is 56.5 Å². The maximum atomic E-state index is 12.2. The summed E-state index contributed by atoms with van der Waals surface area (Å²) in [6, 6.07) is 0.450. The lowest BCUT2D eigenvalue weighted by Crippen LogP contribution is -2.60. The van der Waals surface area contributed by atoms with Crippen molar-refractivity contribution < 1.29 is 14.3 Å². The first-order valence-electron chi connectivity index (χ1n) is 7.01. The van der Waals surface area contributed by atoms with Crippen molar-refractivity contribution in [3.05, 3.63) is 0 Å². The van der Waals surface area contributed by atoms with Gasteiger partial charge in [-0.25, -0.2) is 4.79 Å². The molecule has 5 nitrogen and oxygen atoms in total. The summed E-state index contributed by atoms with van der Waals surface area (Å²) in [7, 11) is 0. The maximum absolute atomic E-state index is 12.2. The van der Waals surface area contributed by atoms with Crippen LogP contribution in [0.15, 0.2) is 0 Å². The molecule has 3 fully saturated rings. The van der Waals surface area contributed by atoms with Crippen LogP contribution in [0.4, 0.5) is 4.79 Å². The van der Waals surface area contributed by atoms with Gasteiger partial charge in [-0.15, -0.1) is 0 Å². The third-order valence-electron chi connectivity index (χ3n) is 4.75. The third kappa shape index (κ3) is 2.21. The van der Waals surface area contributed by atoms with Crippen molar-refractivity contribution in [2.75, 3.05) is 39.5 Å². The highest BCUT2D eigenvalue weighted by Crippen LogP contribution is 2.48. The van der Waals surface area contributed by atoms with Crippen LogP contribution in [0.2, 0.25) is 0 Å². The maximum Gasteiger partial charge on any atom is 0.317 e. The van der Waals surface area contributed by atoms with Gasteiger partial charge in [0.05, 0.1) is 13.2 Å². The van der Waals surface area contributed by atoms with Gasteiger partial charge in [-0.3, -0.25) is 0 Å². The second-order valence-electron chi connectivity index (χ2n) is 5.61. The number of ether oxygens (including phenoxy) is 2. The molecule has 3 rings (SSSR count). The average molecular weight is 254 g/mol. The first kappa shape index (κ1) is 12.2. The third-order valence-corrected chi connectivity index (χ3v) is 4.75. The summed E-state index contributed by atoms with van der Waals surface area (Å²) in [5.41, 5.74) is 0.334. The highest BCUT2D eigenvalue weighted by molar-refractivity contribution is 5.74. The molecule has 0 aromatic rings. The van der Waals surface area contributed by atoms with Crippen LogP contribution in [-0.2, 0) is 9.47 Å². The Labute approximate surface area is 108 Å². The minimum absolute atomic E-state index is 0.0915. The van der Waals surface area contributed by atoms with E-state index in [4.69, 9.17) is 9.47 Å². The van der Waals surface area contributed by atoms with Crippen molar-refractivity contribution in [2.24, 2.45) is 5.41 Å². The topological polar surface area (TPSA) is 50.8 Å². The quantitative estimate of drug-likeness (QED) is 0.759. The summed E-state index contributed by atoms with van der Waals surface area (Å²) in [5, 5.41) is 3.22. The smallest absolute Gasteiger partial charge is 0.317 e. The van der Waals surface area contributed by atoms with E-state index in [2.05, 4.69) is 5.32 Å². The van der Waals surface area contributed by atoms with E-state index in [0.717, 1.165) is 32.5 Å². The van der Waals surface area contributed by atoms with E-state index < -0.39 is 0 Å². The van der Waals surface area contributed by atoms with Gasteiger partial charge in [0.2, 0.25) is 0 Å². The second-order valence-corrected chi connectivity index (χ2v) is 5.61. The van der Waals surface area contributed by atoms with E-state index in [0.29, 0.717) is 37.8 Å². The molecule has 102 valence electrons. The molecule has 0 radical (unpaired) electrons. The lowest BCUT2D eigenvalue weighted by molar-refractivity contribution is -0.0530. The molecular weight excluding hydrogens is 232 g/mol. The van der Waals surface area contributed by atoms with Crippen molar-refractivity contribution >= 4 is 6.03 Å². The van der Waals surface area contributed by atoms with Gasteiger partial charge in [0.25, 0.3) is 0 Å². The van der Waals surface area contributed by atoms with E-state index in [-0.39, 0.29) is 6.03 Å². The number of nitrogens with zero attached hydrogens (tertiary/aromatic N) is 1. The number of amides is 2. The monoisotopic (exact) mass is 254 g/mol. The normalized spacial score (nSPS) is 30.9. The number of rotatable bonds is 1. The Morgan fingerprint density at radius 1 is 1.06 bits per heavy atom. The minimum atomic E-state index is 0.0915. The molecular formula is C13H22N2O3. The Morgan fingerprint density at radius 2 is 1.72 bits per heavy atom. The summed E-state index contributed by atoms with van der Waals surface area (Å²) >= 11 is 0. The standard InChI is InChI=1S/C13H22N2O3/c16-12(15-5-9-18-10-6-15)14-11-1-2-13(11)3-7-17-8-4-13/h11H,1-10H2,(H,14,16). The van der Waals surface area contributed by atoms with Gasteiger partial charge in [-0.05, 0) is 31.1 Å². The van der Waals surface area contributed by atoms with Gasteiger partial charge < -0.3 is 19.7 Å². The molecule has 1 aliphatic carbocycles. The van der Waals surface area contributed by atoms with E-state index >= 15 is 0 Å². The second kappa shape index (κ2) is 5.05. The molecule has 1 unspecified atom stereocenters. The SMILES string of the molecule is O=C(NC1CCC12CCOCC2)N1CCOCC1. The van der Waals surface area contributed by atoms with Crippen molar-refractivity contribution in [3.8, 4) is 0 Å². The van der Waals surface area contributed by atoms with Crippen LogP contribution in [0.5, 0.6) is 0 Å². The Balaban J connectivity index is 1.54. The summed E-state index contributed by atoms with van der Waals surface area (Å²) in [6.45, 7) is 4.46. The van der Waals surface area contributed by atoms with E-state index in [1.165, 1.54) is 6.42 Å². The fourth-order valence-electron chi connectivity index (χ4n) is 3.31. The number of hydrogen-bond acceptors (Lipinski definition) is 3. The lowest BCUT2D eigenvalue weighted by Gasteiger charge is -2.52. The van der Waals surface area contributed by atoms with E-state index in [1.54, 1.807) is 0 Å². The molecule has 1 spiro atoms. The Hall–Kier alpha value is -0.810. The first-order chi connectivity index (χ1) is 8.80. The van der Waals surface area contributed by atoms with Crippen molar-refractivity contribution in [3.63, 3.8) is 0 Å². The molecule has 0 bridgehead atoms. The van der Waals surface area contributed by atoms with Crippen LogP contribution < -0.4 is 5.32 Å². The molecule has 0 aromatic carbocycles. The fraction of sp³-hybridized carbons (Fsp3) is 0.923. The number of carbonyl (C=O) groups is 1. The summed E-state index contributed by atoms with van der Waals surface area (Å²) in [6.07, 6.45) is 4.56. The van der Waals surface area contributed by atoms with Crippen molar-refractivity contribution in [2.45, 2.75) is 31.7 Å². The molecule has 1 N–H and O–H groups in total. The van der Waals surface area contributed by atoms with Gasteiger partial charge >= 0.3 is 6.03 Å². The van der Waals surface area contributed by atoms with Crippen LogP contribution in [0.3, 0.4) is 0 Å². The van der Waals surface area contributed by atoms with Gasteiger partial charge in [0.1, 0.15) is 0 Å². The molecule has 18 heavy (non-hydrogen) atoms. The zero-order chi connectivity index (χ0) is 12.4. The highest BCUT2D eigenvalue weighted by atomic mass is 16.5. The van der Waals surface area contributed by atoms with Gasteiger partial charge in [0.15, 0.2) is 0 Å². The van der Waals surface area contributed by atoms with Crippen LogP contribution in [0.25, 0.3) is 0 Å². The number of hydrogen-bond donors (Lipinski definition) is 1. The molecule has 3 aliphatic rings. The largest absolute Gasteiger partial charge is 0.381 e. The van der Waals surface area contributed by atoms with Gasteiger partial charge in [-0.1, -0.05) is 0 Å². The highest BCUT2D eigenvalue weighted by Gasteiger charge is 2.48. The molecule has 2 saturated heterocycles. The molecule has 2 aliphatic heterocycles. The zero-order valence-electron chi connectivity index (χ0n) is 10.8. The summed E-state index contributed by atoms with van der Waals surface area (Å²) in [4.78, 5) is 14.0. The Kier molecular flexibility index (Phi) is 3.43. The summed E-state index contributed by atoms with van der Waals surface area (Å²) in [5.74, 6) is 0. The number of carbonyl (C=O) groups excluding carboxylic acids is 1. The molecule has 5 heteroatoms. The predicted molar refractivity (Wildman–Crippen MR) is 66.4 cm³/mol. The molecule has 0 aromatic heterocycles. The predicted octanol–water partition coefficient (Wildman–Crippen LogP) is 0.987. The van der Waals surface area contributed by atoms with Crippen molar-refractivity contribution in [1.29, 1.82) is 0 Å². The van der Waals surface area contributed by atoms with Crippen LogP contribution in [0.1, 0.15) is 25.7 Å². The van der Waals surface area contributed by atoms with Crippen LogP contribution >= 0.6 is 0 Å². The van der Waals surface area contributed by atoms with Gasteiger partial charge in [0, 0.05) is 32.3 Å². The van der Waals surface area contributed by atoms with Crippen LogP contribution in [0, 0.1) is 5.41 Å². The van der Waals surface area contributed by atoms with E-state index in [1.807, 2.05) is 4.90 Å². The molecule has 2 heterocycles. The Bertz CT molecular complexity index is 309. The molecule has 1 saturated carbocycles.